The Hall–Kier alpha value is -2.11. The predicted octanol–water partition coefficient (Wildman–Crippen LogP) is 4.06. The van der Waals surface area contributed by atoms with E-state index < -0.39 is 0 Å². The van der Waals surface area contributed by atoms with E-state index in [2.05, 4.69) is 15.8 Å². The van der Waals surface area contributed by atoms with Crippen LogP contribution in [0.3, 0.4) is 0 Å². The largest absolute Gasteiger partial charge is 0.495 e. The minimum atomic E-state index is 0.387. The summed E-state index contributed by atoms with van der Waals surface area (Å²) >= 11 is 11.1. The number of ether oxygens (including phenoxy) is 1. The molecule has 0 unspecified atom stereocenters. The van der Waals surface area contributed by atoms with E-state index in [0.29, 0.717) is 15.9 Å². The van der Waals surface area contributed by atoms with Gasteiger partial charge in [0, 0.05) is 5.02 Å². The van der Waals surface area contributed by atoms with E-state index in [1.165, 1.54) is 0 Å². The van der Waals surface area contributed by atoms with Crippen molar-refractivity contribution in [2.24, 2.45) is 5.10 Å². The highest BCUT2D eigenvalue weighted by atomic mass is 35.5. The Morgan fingerprint density at radius 3 is 2.50 bits per heavy atom. The van der Waals surface area contributed by atoms with E-state index in [0.717, 1.165) is 17.0 Å². The van der Waals surface area contributed by atoms with Crippen molar-refractivity contribution in [3.05, 3.63) is 59.1 Å². The lowest BCUT2D eigenvalue weighted by Gasteiger charge is -2.11. The van der Waals surface area contributed by atoms with Crippen LogP contribution in [0.4, 0.5) is 5.69 Å². The molecule has 2 aromatic rings. The first-order valence-corrected chi connectivity index (χ1v) is 7.39. The third kappa shape index (κ3) is 4.44. The van der Waals surface area contributed by atoms with E-state index in [9.17, 15) is 0 Å². The number of hydrazone groups is 1. The normalized spacial score (nSPS) is 11.0. The third-order valence-electron chi connectivity index (χ3n) is 2.94. The number of hydrogen-bond acceptors (Lipinski definition) is 3. The zero-order valence-electron chi connectivity index (χ0n) is 12.3. The molecule has 0 saturated carbocycles. The fourth-order valence-electron chi connectivity index (χ4n) is 1.79. The van der Waals surface area contributed by atoms with Gasteiger partial charge in [-0.15, -0.1) is 0 Å². The van der Waals surface area contributed by atoms with E-state index in [4.69, 9.17) is 28.6 Å². The number of hydrogen-bond donors (Lipinski definition) is 2. The predicted molar refractivity (Wildman–Crippen MR) is 96.0 cm³/mol. The molecular weight excluding hydrogens is 318 g/mol. The Morgan fingerprint density at radius 1 is 1.14 bits per heavy atom. The molecule has 0 aliphatic rings. The highest BCUT2D eigenvalue weighted by molar-refractivity contribution is 7.80. The third-order valence-corrected chi connectivity index (χ3v) is 3.39. The Morgan fingerprint density at radius 2 is 1.82 bits per heavy atom. The van der Waals surface area contributed by atoms with Gasteiger partial charge in [-0.3, -0.25) is 5.43 Å². The van der Waals surface area contributed by atoms with Crippen LogP contribution in [-0.2, 0) is 0 Å². The van der Waals surface area contributed by atoms with Gasteiger partial charge in [0.05, 0.1) is 18.5 Å². The van der Waals surface area contributed by atoms with Crippen LogP contribution in [0.5, 0.6) is 5.75 Å². The van der Waals surface area contributed by atoms with Gasteiger partial charge in [0.25, 0.3) is 0 Å². The molecular formula is C16H16ClN3OS. The van der Waals surface area contributed by atoms with Crippen LogP contribution >= 0.6 is 23.8 Å². The summed E-state index contributed by atoms with van der Waals surface area (Å²) in [5.41, 5.74) is 5.37. The van der Waals surface area contributed by atoms with Gasteiger partial charge in [-0.2, -0.15) is 5.10 Å². The Kier molecular flexibility index (Phi) is 5.75. The average molecular weight is 334 g/mol. The topological polar surface area (TPSA) is 45.6 Å². The second-order valence-corrected chi connectivity index (χ2v) is 5.32. The van der Waals surface area contributed by atoms with Crippen molar-refractivity contribution in [2.75, 3.05) is 12.4 Å². The monoisotopic (exact) mass is 333 g/mol. The highest BCUT2D eigenvalue weighted by Gasteiger charge is 2.03. The van der Waals surface area contributed by atoms with Gasteiger partial charge in [0.15, 0.2) is 5.11 Å². The summed E-state index contributed by atoms with van der Waals surface area (Å²) in [5.74, 6) is 0.713. The number of benzene rings is 2. The minimum Gasteiger partial charge on any atom is -0.495 e. The highest BCUT2D eigenvalue weighted by Crippen LogP contribution is 2.22. The molecule has 0 fully saturated rings. The lowest BCUT2D eigenvalue weighted by molar-refractivity contribution is 0.417. The zero-order chi connectivity index (χ0) is 15.9. The van der Waals surface area contributed by atoms with E-state index in [1.54, 1.807) is 7.11 Å². The number of thiocarbonyl (C=S) groups is 1. The molecule has 0 radical (unpaired) electrons. The zero-order valence-corrected chi connectivity index (χ0v) is 13.8. The summed E-state index contributed by atoms with van der Waals surface area (Å²) in [4.78, 5) is 0. The van der Waals surface area contributed by atoms with Gasteiger partial charge in [0.1, 0.15) is 5.75 Å². The summed E-state index contributed by atoms with van der Waals surface area (Å²) in [7, 11) is 1.61. The maximum atomic E-state index is 5.86. The summed E-state index contributed by atoms with van der Waals surface area (Å²) in [6, 6.07) is 15.0. The molecule has 0 spiro atoms. The molecule has 2 rings (SSSR count). The quantitative estimate of drug-likeness (QED) is 0.503. The number of nitrogens with one attached hydrogen (secondary N) is 2. The van der Waals surface area contributed by atoms with Gasteiger partial charge in [-0.1, -0.05) is 35.9 Å². The van der Waals surface area contributed by atoms with Crippen molar-refractivity contribution in [3.63, 3.8) is 0 Å². The maximum absolute atomic E-state index is 5.86. The smallest absolute Gasteiger partial charge is 0.191 e. The Bertz CT molecular complexity index is 686. The summed E-state index contributed by atoms with van der Waals surface area (Å²) in [6.07, 6.45) is 0. The Balaban J connectivity index is 2.00. The fraction of sp³-hybridized carbons (Fsp3) is 0.125. The first-order valence-electron chi connectivity index (χ1n) is 6.60. The molecule has 2 N–H and O–H groups in total. The Labute approximate surface area is 140 Å². The van der Waals surface area contributed by atoms with Crippen molar-refractivity contribution in [1.29, 1.82) is 0 Å². The molecule has 0 aromatic heterocycles. The second kappa shape index (κ2) is 7.77. The van der Waals surface area contributed by atoms with Crippen LogP contribution in [0.15, 0.2) is 53.6 Å². The summed E-state index contributed by atoms with van der Waals surface area (Å²) in [5, 5.41) is 8.38. The van der Waals surface area contributed by atoms with E-state index in [-0.39, 0.29) is 0 Å². The van der Waals surface area contributed by atoms with Crippen molar-refractivity contribution in [2.45, 2.75) is 6.92 Å². The molecule has 0 amide bonds. The molecule has 0 aliphatic heterocycles. The van der Waals surface area contributed by atoms with Crippen LogP contribution in [0, 0.1) is 0 Å². The average Bonchev–Trinajstić information content (AvgIpc) is 2.54. The van der Waals surface area contributed by atoms with Crippen LogP contribution in [0.2, 0.25) is 5.02 Å². The molecule has 22 heavy (non-hydrogen) atoms. The standard InChI is InChI=1S/C16H16ClN3OS/c1-11(12-7-9-13(17)10-8-12)19-20-16(22)18-14-5-3-4-6-15(14)21-2/h3-10H,1-2H3,(H2,18,20,22)/b19-11+. The number of nitrogens with zero attached hydrogens (tertiary/aromatic N) is 1. The molecule has 0 aliphatic carbocycles. The molecule has 4 nitrogen and oxygen atoms in total. The summed E-state index contributed by atoms with van der Waals surface area (Å²) in [6.45, 7) is 1.89. The van der Waals surface area contributed by atoms with Gasteiger partial charge in [-0.05, 0) is 49.0 Å². The van der Waals surface area contributed by atoms with Gasteiger partial charge < -0.3 is 10.1 Å². The molecule has 0 bridgehead atoms. The number of anilines is 1. The number of halogens is 1. The molecule has 0 atom stereocenters. The van der Waals surface area contributed by atoms with Crippen molar-refractivity contribution < 1.29 is 4.74 Å². The molecule has 0 saturated heterocycles. The van der Waals surface area contributed by atoms with Crippen LogP contribution in [0.25, 0.3) is 0 Å². The second-order valence-electron chi connectivity index (χ2n) is 4.47. The minimum absolute atomic E-state index is 0.387. The number of para-hydroxylation sites is 2. The van der Waals surface area contributed by atoms with Gasteiger partial charge >= 0.3 is 0 Å². The molecule has 0 heterocycles. The van der Waals surface area contributed by atoms with E-state index >= 15 is 0 Å². The lowest BCUT2D eigenvalue weighted by Crippen LogP contribution is -2.25. The molecule has 114 valence electrons. The number of rotatable bonds is 4. The van der Waals surface area contributed by atoms with Crippen LogP contribution in [0.1, 0.15) is 12.5 Å². The SMILES string of the molecule is COc1ccccc1NC(=S)N/N=C(\C)c1ccc(Cl)cc1. The molecule has 2 aromatic carbocycles. The maximum Gasteiger partial charge on any atom is 0.191 e. The van der Waals surface area contributed by atoms with Gasteiger partial charge in [0.2, 0.25) is 0 Å². The molecule has 6 heteroatoms. The lowest BCUT2D eigenvalue weighted by atomic mass is 10.1. The van der Waals surface area contributed by atoms with E-state index in [1.807, 2.05) is 55.5 Å². The first-order chi connectivity index (χ1) is 10.6. The van der Waals surface area contributed by atoms with Crippen LogP contribution in [-0.4, -0.2) is 17.9 Å². The van der Waals surface area contributed by atoms with Crippen molar-refractivity contribution in [1.82, 2.24) is 5.43 Å². The van der Waals surface area contributed by atoms with Crippen molar-refractivity contribution in [3.8, 4) is 5.75 Å². The fourth-order valence-corrected chi connectivity index (χ4v) is 2.07. The van der Waals surface area contributed by atoms with Crippen molar-refractivity contribution >= 4 is 40.3 Å². The first kappa shape index (κ1) is 16.3. The summed E-state index contributed by atoms with van der Waals surface area (Å²) < 4.78 is 5.25. The number of methoxy groups -OCH3 is 1. The van der Waals surface area contributed by atoms with Crippen LogP contribution < -0.4 is 15.5 Å². The van der Waals surface area contributed by atoms with Gasteiger partial charge in [-0.25, -0.2) is 0 Å².